The molecule has 1 aliphatic heterocycles. The summed E-state index contributed by atoms with van der Waals surface area (Å²) in [5.41, 5.74) is 0. The fourth-order valence-corrected chi connectivity index (χ4v) is 9.13. The minimum Gasteiger partial charge on any atom is -0.307 e. The van der Waals surface area contributed by atoms with Crippen LogP contribution in [0.5, 0.6) is 0 Å². The van der Waals surface area contributed by atoms with E-state index in [1.807, 2.05) is 17.5 Å². The standard InChI is InChI=1S/C13H15NO4S4/c15-21(16)8-11(14-7-10-3-1-5-19-10)12(9-21)22(17,18)13-4-2-6-20-13/h1-6,11-12,14H,7-9H2/t11-,12-/m0/s1. The van der Waals surface area contributed by atoms with Crippen molar-refractivity contribution in [1.29, 1.82) is 0 Å². The summed E-state index contributed by atoms with van der Waals surface area (Å²) < 4.78 is 49.4. The summed E-state index contributed by atoms with van der Waals surface area (Å²) in [7, 11) is -6.97. The van der Waals surface area contributed by atoms with Gasteiger partial charge in [-0.2, -0.15) is 0 Å². The first-order valence-electron chi connectivity index (χ1n) is 6.62. The van der Waals surface area contributed by atoms with Crippen LogP contribution in [-0.4, -0.2) is 39.6 Å². The lowest BCUT2D eigenvalue weighted by Gasteiger charge is -2.18. The predicted octanol–water partition coefficient (Wildman–Crippen LogP) is 1.54. The Labute approximate surface area is 137 Å². The molecule has 0 aromatic carbocycles. The largest absolute Gasteiger partial charge is 0.307 e. The first-order valence-corrected chi connectivity index (χ1v) is 11.7. The van der Waals surface area contributed by atoms with Crippen LogP contribution in [0.15, 0.2) is 39.2 Å². The van der Waals surface area contributed by atoms with E-state index in [2.05, 4.69) is 5.32 Å². The summed E-state index contributed by atoms with van der Waals surface area (Å²) in [5.74, 6) is -0.441. The maximum atomic E-state index is 12.7. The van der Waals surface area contributed by atoms with Crippen molar-refractivity contribution in [1.82, 2.24) is 5.32 Å². The zero-order chi connectivity index (χ0) is 15.8. The molecule has 0 saturated carbocycles. The normalized spacial score (nSPS) is 24.5. The van der Waals surface area contributed by atoms with Crippen LogP contribution >= 0.6 is 22.7 Å². The maximum Gasteiger partial charge on any atom is 0.193 e. The second-order valence-corrected chi connectivity index (χ2v) is 11.7. The molecule has 2 atom stereocenters. The zero-order valence-electron chi connectivity index (χ0n) is 11.5. The van der Waals surface area contributed by atoms with Gasteiger partial charge in [-0.15, -0.1) is 22.7 Å². The van der Waals surface area contributed by atoms with Gasteiger partial charge in [-0.3, -0.25) is 0 Å². The Kier molecular flexibility index (Phi) is 4.43. The molecule has 22 heavy (non-hydrogen) atoms. The first kappa shape index (κ1) is 16.1. The lowest BCUT2D eigenvalue weighted by atomic mass is 10.2. The van der Waals surface area contributed by atoms with Crippen molar-refractivity contribution >= 4 is 42.3 Å². The minimum absolute atomic E-state index is 0.131. The molecule has 1 saturated heterocycles. The van der Waals surface area contributed by atoms with Crippen molar-refractivity contribution in [3.8, 4) is 0 Å². The average Bonchev–Trinajstić information content (AvgIpc) is 3.17. The summed E-state index contributed by atoms with van der Waals surface area (Å²) in [6.45, 7) is 0.480. The van der Waals surface area contributed by atoms with E-state index in [0.717, 1.165) is 16.2 Å². The molecule has 3 heterocycles. The van der Waals surface area contributed by atoms with Gasteiger partial charge in [0.2, 0.25) is 0 Å². The van der Waals surface area contributed by atoms with E-state index in [0.29, 0.717) is 6.54 Å². The van der Waals surface area contributed by atoms with E-state index in [-0.39, 0.29) is 15.7 Å². The third-order valence-electron chi connectivity index (χ3n) is 3.59. The van der Waals surface area contributed by atoms with E-state index in [1.54, 1.807) is 22.8 Å². The smallest absolute Gasteiger partial charge is 0.193 e. The van der Waals surface area contributed by atoms with E-state index >= 15 is 0 Å². The van der Waals surface area contributed by atoms with Crippen molar-refractivity contribution in [3.63, 3.8) is 0 Å². The Morgan fingerprint density at radius 1 is 1.14 bits per heavy atom. The van der Waals surface area contributed by atoms with Crippen LogP contribution in [0.1, 0.15) is 4.88 Å². The molecule has 1 fully saturated rings. The van der Waals surface area contributed by atoms with Gasteiger partial charge in [0.05, 0.1) is 16.8 Å². The summed E-state index contributed by atoms with van der Waals surface area (Å²) in [4.78, 5) is 1.05. The van der Waals surface area contributed by atoms with Crippen LogP contribution in [0.2, 0.25) is 0 Å². The van der Waals surface area contributed by atoms with Crippen molar-refractivity contribution in [2.24, 2.45) is 0 Å². The third kappa shape index (κ3) is 3.28. The van der Waals surface area contributed by atoms with E-state index < -0.39 is 31.0 Å². The fourth-order valence-electron chi connectivity index (χ4n) is 2.53. The third-order valence-corrected chi connectivity index (χ3v) is 10.1. The van der Waals surface area contributed by atoms with E-state index in [9.17, 15) is 16.8 Å². The van der Waals surface area contributed by atoms with Gasteiger partial charge in [0.15, 0.2) is 19.7 Å². The van der Waals surface area contributed by atoms with E-state index in [4.69, 9.17) is 0 Å². The first-order chi connectivity index (χ1) is 10.4. The van der Waals surface area contributed by atoms with E-state index in [1.165, 1.54) is 6.07 Å². The van der Waals surface area contributed by atoms with Crippen LogP contribution in [0.25, 0.3) is 0 Å². The lowest BCUT2D eigenvalue weighted by Crippen LogP contribution is -2.42. The van der Waals surface area contributed by atoms with Gasteiger partial charge in [-0.05, 0) is 22.9 Å². The molecule has 0 aliphatic carbocycles. The van der Waals surface area contributed by atoms with Crippen LogP contribution in [0, 0.1) is 0 Å². The number of rotatable bonds is 5. The van der Waals surface area contributed by atoms with Gasteiger partial charge in [0.25, 0.3) is 0 Å². The highest BCUT2D eigenvalue weighted by molar-refractivity contribution is 7.97. The van der Waals surface area contributed by atoms with Crippen molar-refractivity contribution in [3.05, 3.63) is 39.9 Å². The molecule has 0 amide bonds. The number of nitrogens with one attached hydrogen (secondary N) is 1. The summed E-state index contributed by atoms with van der Waals surface area (Å²) in [5, 5.41) is 5.81. The van der Waals surface area contributed by atoms with Crippen molar-refractivity contribution in [2.75, 3.05) is 11.5 Å². The molecule has 3 rings (SSSR count). The molecule has 2 aromatic rings. The molecule has 2 aromatic heterocycles. The number of hydrogen-bond donors (Lipinski definition) is 1. The molecule has 5 nitrogen and oxygen atoms in total. The van der Waals surface area contributed by atoms with Gasteiger partial charge in [-0.1, -0.05) is 12.1 Å². The molecular weight excluding hydrogens is 362 g/mol. The molecule has 120 valence electrons. The van der Waals surface area contributed by atoms with Gasteiger partial charge in [0, 0.05) is 17.5 Å². The second kappa shape index (κ2) is 6.04. The van der Waals surface area contributed by atoms with Crippen LogP contribution in [-0.2, 0) is 26.2 Å². The lowest BCUT2D eigenvalue weighted by molar-refractivity contribution is 0.529. The Balaban J connectivity index is 1.84. The number of sulfone groups is 2. The quantitative estimate of drug-likeness (QED) is 0.855. The Morgan fingerprint density at radius 3 is 2.50 bits per heavy atom. The number of thiophene rings is 2. The second-order valence-electron chi connectivity index (χ2n) is 5.16. The summed E-state index contributed by atoms with van der Waals surface area (Å²) in [6, 6.07) is 6.46. The van der Waals surface area contributed by atoms with Gasteiger partial charge >= 0.3 is 0 Å². The van der Waals surface area contributed by atoms with Gasteiger partial charge < -0.3 is 5.32 Å². The highest BCUT2D eigenvalue weighted by Crippen LogP contribution is 2.28. The van der Waals surface area contributed by atoms with Crippen LogP contribution in [0.4, 0.5) is 0 Å². The average molecular weight is 378 g/mol. The molecule has 1 aliphatic rings. The molecule has 9 heteroatoms. The Hall–Kier alpha value is -0.740. The molecule has 0 bridgehead atoms. The zero-order valence-corrected chi connectivity index (χ0v) is 14.8. The molecule has 0 unspecified atom stereocenters. The summed E-state index contributed by atoms with van der Waals surface area (Å²) in [6.07, 6.45) is 0. The van der Waals surface area contributed by atoms with Crippen LogP contribution < -0.4 is 5.32 Å². The molecule has 1 N–H and O–H groups in total. The maximum absolute atomic E-state index is 12.7. The Morgan fingerprint density at radius 2 is 1.86 bits per heavy atom. The molecule has 0 radical (unpaired) electrons. The predicted molar refractivity (Wildman–Crippen MR) is 88.9 cm³/mol. The molecular formula is C13H15NO4S4. The van der Waals surface area contributed by atoms with Crippen molar-refractivity contribution in [2.45, 2.75) is 22.0 Å². The molecule has 0 spiro atoms. The van der Waals surface area contributed by atoms with Gasteiger partial charge in [0.1, 0.15) is 4.21 Å². The highest BCUT2D eigenvalue weighted by Gasteiger charge is 2.45. The number of hydrogen-bond acceptors (Lipinski definition) is 7. The fraction of sp³-hybridized carbons (Fsp3) is 0.385. The van der Waals surface area contributed by atoms with Gasteiger partial charge in [-0.25, -0.2) is 16.8 Å². The van der Waals surface area contributed by atoms with Crippen LogP contribution in [0.3, 0.4) is 0 Å². The SMILES string of the molecule is O=S1(=O)C[C@H](NCc2cccs2)[C@@H](S(=O)(=O)c2cccs2)C1. The van der Waals surface area contributed by atoms with Crippen molar-refractivity contribution < 1.29 is 16.8 Å². The Bertz CT molecular complexity index is 823. The topological polar surface area (TPSA) is 80.3 Å². The highest BCUT2D eigenvalue weighted by atomic mass is 32.2. The summed E-state index contributed by atoms with van der Waals surface area (Å²) >= 11 is 2.68. The minimum atomic E-state index is -3.63. The monoisotopic (exact) mass is 377 g/mol.